The lowest BCUT2D eigenvalue weighted by Gasteiger charge is -2.41. The molecule has 3 nitrogen and oxygen atoms in total. The van der Waals surface area contributed by atoms with E-state index in [1.54, 1.807) is 0 Å². The van der Waals surface area contributed by atoms with Gasteiger partial charge in [0.15, 0.2) is 0 Å². The Morgan fingerprint density at radius 1 is 1.22 bits per heavy atom. The van der Waals surface area contributed by atoms with Gasteiger partial charge >= 0.3 is 0 Å². The molecule has 0 saturated heterocycles. The number of rotatable bonds is 1. The van der Waals surface area contributed by atoms with Gasteiger partial charge in [0.1, 0.15) is 17.0 Å². The highest BCUT2D eigenvalue weighted by Crippen LogP contribution is 2.62. The summed E-state index contributed by atoms with van der Waals surface area (Å²) >= 11 is 0. The highest BCUT2D eigenvalue weighted by atomic mass is 17.1. The first-order valence-corrected chi connectivity index (χ1v) is 6.49. The van der Waals surface area contributed by atoms with Crippen LogP contribution < -0.4 is 4.74 Å². The van der Waals surface area contributed by atoms with Crippen molar-refractivity contribution < 1.29 is 14.9 Å². The van der Waals surface area contributed by atoms with Gasteiger partial charge in [-0.2, -0.15) is 0 Å². The molecule has 0 amide bonds. The fourth-order valence-electron chi connectivity index (χ4n) is 3.68. The van der Waals surface area contributed by atoms with E-state index in [9.17, 15) is 5.26 Å². The SMILES string of the molecule is Cc1ccc2c(c1)OC1(C)C(C)(OO)CCC21C. The van der Waals surface area contributed by atoms with E-state index in [2.05, 4.69) is 32.0 Å². The summed E-state index contributed by atoms with van der Waals surface area (Å²) in [5, 5.41) is 9.31. The molecule has 1 aliphatic carbocycles. The Morgan fingerprint density at radius 3 is 2.61 bits per heavy atom. The van der Waals surface area contributed by atoms with Gasteiger partial charge < -0.3 is 4.74 Å². The Bertz CT molecular complexity index is 512. The molecule has 3 unspecified atom stereocenters. The maximum absolute atomic E-state index is 9.31. The summed E-state index contributed by atoms with van der Waals surface area (Å²) < 4.78 is 6.22. The largest absolute Gasteiger partial charge is 0.483 e. The molecule has 1 heterocycles. The molecule has 0 bridgehead atoms. The van der Waals surface area contributed by atoms with Crippen LogP contribution in [0.25, 0.3) is 0 Å². The number of hydrogen-bond acceptors (Lipinski definition) is 3. The molecular weight excluding hydrogens is 228 g/mol. The van der Waals surface area contributed by atoms with Crippen molar-refractivity contribution >= 4 is 0 Å². The summed E-state index contributed by atoms with van der Waals surface area (Å²) in [7, 11) is 0. The molecule has 0 aromatic heterocycles. The van der Waals surface area contributed by atoms with Gasteiger partial charge in [-0.25, -0.2) is 4.89 Å². The van der Waals surface area contributed by atoms with E-state index in [-0.39, 0.29) is 5.41 Å². The van der Waals surface area contributed by atoms with E-state index in [4.69, 9.17) is 9.62 Å². The van der Waals surface area contributed by atoms with Crippen molar-refractivity contribution in [2.24, 2.45) is 0 Å². The number of ether oxygens (including phenoxy) is 1. The van der Waals surface area contributed by atoms with Gasteiger partial charge in [-0.05, 0) is 45.2 Å². The van der Waals surface area contributed by atoms with E-state index in [0.29, 0.717) is 0 Å². The van der Waals surface area contributed by atoms with E-state index >= 15 is 0 Å². The third-order valence-electron chi connectivity index (χ3n) is 5.41. The summed E-state index contributed by atoms with van der Waals surface area (Å²) in [5.41, 5.74) is 1.14. The second-order valence-corrected chi connectivity index (χ2v) is 6.29. The highest BCUT2D eigenvalue weighted by Gasteiger charge is 2.69. The minimum absolute atomic E-state index is 0.104. The van der Waals surface area contributed by atoms with Crippen molar-refractivity contribution in [2.45, 2.75) is 57.2 Å². The minimum Gasteiger partial charge on any atom is -0.483 e. The summed E-state index contributed by atoms with van der Waals surface area (Å²) in [6.07, 6.45) is 1.75. The third-order valence-corrected chi connectivity index (χ3v) is 5.41. The van der Waals surface area contributed by atoms with Gasteiger partial charge in [-0.15, -0.1) is 0 Å². The van der Waals surface area contributed by atoms with Gasteiger partial charge in [-0.1, -0.05) is 19.1 Å². The monoisotopic (exact) mass is 248 g/mol. The molecule has 1 N–H and O–H groups in total. The molecule has 3 rings (SSSR count). The molecule has 1 saturated carbocycles. The van der Waals surface area contributed by atoms with Crippen LogP contribution in [0.4, 0.5) is 0 Å². The molecule has 0 spiro atoms. The molecular formula is C15H20O3. The van der Waals surface area contributed by atoms with E-state index in [1.807, 2.05) is 13.8 Å². The molecule has 3 heteroatoms. The van der Waals surface area contributed by atoms with E-state index in [1.165, 1.54) is 11.1 Å². The lowest BCUT2D eigenvalue weighted by atomic mass is 9.70. The smallest absolute Gasteiger partial charge is 0.147 e. The lowest BCUT2D eigenvalue weighted by Crippen LogP contribution is -2.57. The van der Waals surface area contributed by atoms with Crippen molar-refractivity contribution in [2.75, 3.05) is 0 Å². The maximum Gasteiger partial charge on any atom is 0.147 e. The Morgan fingerprint density at radius 2 is 1.94 bits per heavy atom. The van der Waals surface area contributed by atoms with Crippen LogP contribution in [0.2, 0.25) is 0 Å². The highest BCUT2D eigenvalue weighted by molar-refractivity contribution is 5.51. The quantitative estimate of drug-likeness (QED) is 0.611. The zero-order chi connectivity index (χ0) is 13.2. The predicted octanol–water partition coefficient (Wildman–Crippen LogP) is 3.45. The molecule has 1 aliphatic heterocycles. The molecule has 1 aromatic carbocycles. The molecule has 2 aliphatic rings. The fraction of sp³-hybridized carbons (Fsp3) is 0.600. The second-order valence-electron chi connectivity index (χ2n) is 6.29. The maximum atomic E-state index is 9.31. The van der Waals surface area contributed by atoms with Crippen molar-refractivity contribution in [3.05, 3.63) is 29.3 Å². The molecule has 0 radical (unpaired) electrons. The molecule has 98 valence electrons. The van der Waals surface area contributed by atoms with Crippen molar-refractivity contribution in [3.63, 3.8) is 0 Å². The number of hydrogen-bond donors (Lipinski definition) is 1. The first-order chi connectivity index (χ1) is 8.36. The molecule has 18 heavy (non-hydrogen) atoms. The average Bonchev–Trinajstić information content (AvgIpc) is 2.66. The summed E-state index contributed by atoms with van der Waals surface area (Å²) in [4.78, 5) is 4.82. The van der Waals surface area contributed by atoms with Crippen molar-refractivity contribution in [3.8, 4) is 5.75 Å². The number of benzene rings is 1. The van der Waals surface area contributed by atoms with Crippen LogP contribution in [-0.2, 0) is 10.3 Å². The van der Waals surface area contributed by atoms with Crippen LogP contribution in [0.1, 0.15) is 44.7 Å². The third kappa shape index (κ3) is 1.12. The fourth-order valence-corrected chi connectivity index (χ4v) is 3.68. The molecule has 1 fully saturated rings. The normalized spacial score (nSPS) is 41.4. The second kappa shape index (κ2) is 3.28. The van der Waals surface area contributed by atoms with Gasteiger partial charge in [0.05, 0.1) is 0 Å². The minimum atomic E-state index is -0.658. The summed E-state index contributed by atoms with van der Waals surface area (Å²) in [6, 6.07) is 6.34. The van der Waals surface area contributed by atoms with Crippen LogP contribution >= 0.6 is 0 Å². The number of aryl methyl sites for hydroxylation is 1. The van der Waals surface area contributed by atoms with Gasteiger partial charge in [-0.3, -0.25) is 5.26 Å². The van der Waals surface area contributed by atoms with Crippen LogP contribution in [-0.4, -0.2) is 16.5 Å². The first-order valence-electron chi connectivity index (χ1n) is 6.49. The Kier molecular flexibility index (Phi) is 2.19. The van der Waals surface area contributed by atoms with Crippen LogP contribution in [0.5, 0.6) is 5.75 Å². The lowest BCUT2D eigenvalue weighted by molar-refractivity contribution is -0.347. The van der Waals surface area contributed by atoms with Gasteiger partial charge in [0, 0.05) is 11.0 Å². The Hall–Kier alpha value is -1.06. The Labute approximate surface area is 108 Å². The van der Waals surface area contributed by atoms with Crippen LogP contribution in [0.3, 0.4) is 0 Å². The van der Waals surface area contributed by atoms with E-state index in [0.717, 1.165) is 18.6 Å². The zero-order valence-corrected chi connectivity index (χ0v) is 11.4. The van der Waals surface area contributed by atoms with Crippen LogP contribution in [0.15, 0.2) is 18.2 Å². The van der Waals surface area contributed by atoms with Gasteiger partial charge in [0.25, 0.3) is 0 Å². The predicted molar refractivity (Wildman–Crippen MR) is 68.9 cm³/mol. The van der Waals surface area contributed by atoms with Crippen molar-refractivity contribution in [1.29, 1.82) is 0 Å². The molecule has 1 aromatic rings. The average molecular weight is 248 g/mol. The summed E-state index contributed by atoms with van der Waals surface area (Å²) in [6.45, 7) is 8.24. The van der Waals surface area contributed by atoms with Crippen LogP contribution in [0, 0.1) is 6.92 Å². The Balaban J connectivity index is 2.18. The van der Waals surface area contributed by atoms with Crippen molar-refractivity contribution in [1.82, 2.24) is 0 Å². The zero-order valence-electron chi connectivity index (χ0n) is 11.4. The molecule has 3 atom stereocenters. The number of fused-ring (bicyclic) bond motifs is 3. The topological polar surface area (TPSA) is 38.7 Å². The first kappa shape index (κ1) is 12.0. The standard InChI is InChI=1S/C15H20O3/c1-10-5-6-11-12(9-10)17-15(4)13(11,2)7-8-14(15,3)18-16/h5-6,9,16H,7-8H2,1-4H3. The van der Waals surface area contributed by atoms with E-state index < -0.39 is 11.2 Å². The van der Waals surface area contributed by atoms with Gasteiger partial charge in [0.2, 0.25) is 0 Å². The summed E-state index contributed by atoms with van der Waals surface area (Å²) in [5.74, 6) is 0.933.